The van der Waals surface area contributed by atoms with Gasteiger partial charge in [0.05, 0.1) is 4.92 Å². The molecule has 1 aromatic rings. The molecule has 2 N–H and O–H groups in total. The van der Waals surface area contributed by atoms with Gasteiger partial charge < -0.3 is 5.73 Å². The number of hydrogen-bond donors (Lipinski definition) is 1. The third kappa shape index (κ3) is 3.21. The largest absolute Gasteiger partial charge is 0.326 e. The molecule has 0 saturated carbocycles. The van der Waals surface area contributed by atoms with E-state index in [2.05, 4.69) is 0 Å². The quantitative estimate of drug-likeness (QED) is 0.562. The van der Waals surface area contributed by atoms with Crippen LogP contribution in [0.1, 0.15) is 19.4 Å². The average molecular weight is 182 g/mol. The summed E-state index contributed by atoms with van der Waals surface area (Å²) in [5.41, 5.74) is 5.94. The lowest BCUT2D eigenvalue weighted by molar-refractivity contribution is -0.385. The molecule has 1 rings (SSSR count). The Morgan fingerprint density at radius 1 is 1.38 bits per heavy atom. The van der Waals surface area contributed by atoms with E-state index in [1.807, 2.05) is 13.8 Å². The molecule has 0 radical (unpaired) electrons. The highest BCUT2D eigenvalue weighted by Crippen LogP contribution is 2.15. The van der Waals surface area contributed by atoms with Crippen LogP contribution in [0.3, 0.4) is 0 Å². The minimum absolute atomic E-state index is 0.0926. The van der Waals surface area contributed by atoms with Gasteiger partial charge in [-0.05, 0) is 0 Å². The summed E-state index contributed by atoms with van der Waals surface area (Å²) >= 11 is 0. The predicted octanol–water partition coefficient (Wildman–Crippen LogP) is 2.08. The van der Waals surface area contributed by atoms with Crippen LogP contribution in [0, 0.1) is 10.1 Å². The van der Waals surface area contributed by atoms with Gasteiger partial charge in [0.1, 0.15) is 0 Å². The lowest BCUT2D eigenvalue weighted by atomic mass is 10.2. The van der Waals surface area contributed by atoms with Crippen molar-refractivity contribution in [2.75, 3.05) is 0 Å². The van der Waals surface area contributed by atoms with Gasteiger partial charge in [-0.15, -0.1) is 0 Å². The molecule has 0 aromatic heterocycles. The average Bonchev–Trinajstić information content (AvgIpc) is 2.20. The Morgan fingerprint density at radius 2 is 1.92 bits per heavy atom. The van der Waals surface area contributed by atoms with Crippen LogP contribution in [0.2, 0.25) is 0 Å². The highest BCUT2D eigenvalue weighted by molar-refractivity contribution is 5.39. The van der Waals surface area contributed by atoms with Crippen molar-refractivity contribution in [3.63, 3.8) is 0 Å². The smallest absolute Gasteiger partial charge is 0.273 e. The Hall–Kier alpha value is -1.42. The second-order valence-corrected chi connectivity index (χ2v) is 2.09. The number of nitro benzene ring substituents is 1. The van der Waals surface area contributed by atoms with Crippen LogP contribution in [-0.2, 0) is 6.54 Å². The summed E-state index contributed by atoms with van der Waals surface area (Å²) in [6.45, 7) is 4.21. The molecule has 0 spiro atoms. The molecule has 4 nitrogen and oxygen atoms in total. The first-order chi connectivity index (χ1) is 6.25. The Morgan fingerprint density at radius 3 is 2.31 bits per heavy atom. The zero-order chi connectivity index (χ0) is 10.3. The maximum atomic E-state index is 10.3. The van der Waals surface area contributed by atoms with Crippen molar-refractivity contribution in [2.24, 2.45) is 5.73 Å². The maximum absolute atomic E-state index is 10.3. The second-order valence-electron chi connectivity index (χ2n) is 2.09. The molecular formula is C9H14N2O2. The molecule has 0 unspecified atom stereocenters. The fourth-order valence-electron chi connectivity index (χ4n) is 0.862. The van der Waals surface area contributed by atoms with Crippen molar-refractivity contribution in [3.8, 4) is 0 Å². The van der Waals surface area contributed by atoms with E-state index in [9.17, 15) is 10.1 Å². The zero-order valence-corrected chi connectivity index (χ0v) is 7.86. The van der Waals surface area contributed by atoms with Crippen molar-refractivity contribution in [1.29, 1.82) is 0 Å². The normalized spacial score (nSPS) is 8.54. The summed E-state index contributed by atoms with van der Waals surface area (Å²) in [6.07, 6.45) is 0. The van der Waals surface area contributed by atoms with Crippen LogP contribution < -0.4 is 5.73 Å². The van der Waals surface area contributed by atoms with Crippen molar-refractivity contribution in [2.45, 2.75) is 20.4 Å². The molecule has 1 aromatic carbocycles. The molecule has 0 aliphatic heterocycles. The van der Waals surface area contributed by atoms with Crippen molar-refractivity contribution >= 4 is 5.69 Å². The van der Waals surface area contributed by atoms with Gasteiger partial charge in [0.25, 0.3) is 5.69 Å². The molecule has 72 valence electrons. The number of hydrogen-bond acceptors (Lipinski definition) is 3. The number of benzene rings is 1. The molecule has 0 amide bonds. The fraction of sp³-hybridized carbons (Fsp3) is 0.333. The van der Waals surface area contributed by atoms with Crippen LogP contribution >= 0.6 is 0 Å². The monoisotopic (exact) mass is 182 g/mol. The third-order valence-corrected chi connectivity index (χ3v) is 1.41. The molecule has 13 heavy (non-hydrogen) atoms. The highest BCUT2D eigenvalue weighted by atomic mass is 16.6. The van der Waals surface area contributed by atoms with Gasteiger partial charge in [0, 0.05) is 18.2 Å². The van der Waals surface area contributed by atoms with Crippen LogP contribution in [0.25, 0.3) is 0 Å². The van der Waals surface area contributed by atoms with E-state index in [0.29, 0.717) is 5.56 Å². The van der Waals surface area contributed by atoms with Crippen LogP contribution in [-0.4, -0.2) is 4.92 Å². The molecule has 4 heteroatoms. The van der Waals surface area contributed by atoms with Gasteiger partial charge in [-0.3, -0.25) is 10.1 Å². The Bertz CT molecular complexity index is 274. The number of nitrogens with two attached hydrogens (primary N) is 1. The van der Waals surface area contributed by atoms with Crippen LogP contribution in [0.5, 0.6) is 0 Å². The molecule has 0 heterocycles. The Labute approximate surface area is 77.5 Å². The van der Waals surface area contributed by atoms with Crippen molar-refractivity contribution < 1.29 is 4.92 Å². The summed E-state index contributed by atoms with van der Waals surface area (Å²) < 4.78 is 0. The van der Waals surface area contributed by atoms with E-state index in [4.69, 9.17) is 5.73 Å². The van der Waals surface area contributed by atoms with Gasteiger partial charge in [0.2, 0.25) is 0 Å². The summed E-state index contributed by atoms with van der Waals surface area (Å²) in [7, 11) is 0. The van der Waals surface area contributed by atoms with E-state index in [1.54, 1.807) is 18.2 Å². The first-order valence-corrected chi connectivity index (χ1v) is 4.18. The number of rotatable bonds is 2. The highest BCUT2D eigenvalue weighted by Gasteiger charge is 2.09. The van der Waals surface area contributed by atoms with E-state index in [0.717, 1.165) is 0 Å². The van der Waals surface area contributed by atoms with Crippen LogP contribution in [0.15, 0.2) is 24.3 Å². The van der Waals surface area contributed by atoms with E-state index in [1.165, 1.54) is 6.07 Å². The van der Waals surface area contributed by atoms with Gasteiger partial charge in [0.15, 0.2) is 0 Å². The van der Waals surface area contributed by atoms with Crippen LogP contribution in [0.4, 0.5) is 5.69 Å². The number of para-hydroxylation sites is 1. The van der Waals surface area contributed by atoms with E-state index < -0.39 is 4.92 Å². The summed E-state index contributed by atoms with van der Waals surface area (Å²) in [5, 5.41) is 10.3. The molecule has 0 aliphatic carbocycles. The maximum Gasteiger partial charge on any atom is 0.273 e. The number of nitro groups is 1. The lowest BCUT2D eigenvalue weighted by Gasteiger charge is -1.96. The summed E-state index contributed by atoms with van der Waals surface area (Å²) in [6, 6.07) is 6.45. The van der Waals surface area contributed by atoms with Gasteiger partial charge in [-0.1, -0.05) is 32.0 Å². The number of nitrogens with zero attached hydrogens (tertiary/aromatic N) is 1. The first kappa shape index (κ1) is 11.6. The SMILES string of the molecule is CC.NCc1ccccc1[N+](=O)[O-]. The van der Waals surface area contributed by atoms with Crippen molar-refractivity contribution in [1.82, 2.24) is 0 Å². The molecular weight excluding hydrogens is 168 g/mol. The van der Waals surface area contributed by atoms with Gasteiger partial charge in [-0.2, -0.15) is 0 Å². The molecule has 0 aliphatic rings. The first-order valence-electron chi connectivity index (χ1n) is 4.18. The zero-order valence-electron chi connectivity index (χ0n) is 7.86. The standard InChI is InChI=1S/C7H8N2O2.C2H6/c8-5-6-3-1-2-4-7(6)9(10)11;1-2/h1-4H,5,8H2;1-2H3. The Balaban J connectivity index is 0.000000671. The predicted molar refractivity (Wildman–Crippen MR) is 52.3 cm³/mol. The van der Waals surface area contributed by atoms with E-state index in [-0.39, 0.29) is 12.2 Å². The minimum atomic E-state index is -0.428. The fourth-order valence-corrected chi connectivity index (χ4v) is 0.862. The summed E-state index contributed by atoms with van der Waals surface area (Å²) in [5.74, 6) is 0. The molecule has 0 atom stereocenters. The minimum Gasteiger partial charge on any atom is -0.326 e. The molecule has 0 bridgehead atoms. The van der Waals surface area contributed by atoms with Crippen molar-refractivity contribution in [3.05, 3.63) is 39.9 Å². The Kier molecular flexibility index (Phi) is 5.47. The molecule has 0 fully saturated rings. The topological polar surface area (TPSA) is 69.2 Å². The summed E-state index contributed by atoms with van der Waals surface area (Å²) in [4.78, 5) is 9.90. The van der Waals surface area contributed by atoms with Gasteiger partial charge >= 0.3 is 0 Å². The lowest BCUT2D eigenvalue weighted by Crippen LogP contribution is -2.00. The molecule has 0 saturated heterocycles. The van der Waals surface area contributed by atoms with Gasteiger partial charge in [-0.25, -0.2) is 0 Å². The third-order valence-electron chi connectivity index (χ3n) is 1.41. The van der Waals surface area contributed by atoms with E-state index >= 15 is 0 Å². The second kappa shape index (κ2) is 6.14.